The van der Waals surface area contributed by atoms with Crippen LogP contribution in [0.1, 0.15) is 12.0 Å². The molecule has 0 aromatic heterocycles. The van der Waals surface area contributed by atoms with E-state index in [4.69, 9.17) is 4.74 Å². The van der Waals surface area contributed by atoms with Crippen molar-refractivity contribution in [2.45, 2.75) is 13.0 Å². The monoisotopic (exact) mass is 327 g/mol. The highest BCUT2D eigenvalue weighted by molar-refractivity contribution is 6.01. The molecule has 1 heterocycles. The Labute approximate surface area is 134 Å². The topological polar surface area (TPSA) is 72.9 Å². The molecule has 1 amide bonds. The minimum absolute atomic E-state index is 0. The molecule has 1 atom stereocenters. The summed E-state index contributed by atoms with van der Waals surface area (Å²) < 4.78 is 9.72. The molecule has 0 aliphatic carbocycles. The van der Waals surface area contributed by atoms with E-state index in [2.05, 4.69) is 4.74 Å². The van der Waals surface area contributed by atoms with E-state index < -0.39 is 18.0 Å². The number of carbonyl (C=O) groups excluding carboxylic acids is 3. The van der Waals surface area contributed by atoms with Crippen LogP contribution in [0.4, 0.5) is 4.79 Å². The van der Waals surface area contributed by atoms with Gasteiger partial charge in [0.05, 0.1) is 13.7 Å². The molecular formula is C15H18ClNO5. The van der Waals surface area contributed by atoms with E-state index in [9.17, 15) is 14.4 Å². The van der Waals surface area contributed by atoms with Crippen LogP contribution < -0.4 is 0 Å². The number of ketones is 1. The van der Waals surface area contributed by atoms with Gasteiger partial charge in [-0.25, -0.2) is 4.79 Å². The number of Topliss-reactive ketones (excluding diaryl/α,β-unsaturated/α-hetero) is 1. The Hall–Kier alpha value is -2.08. The smallest absolute Gasteiger partial charge is 0.410 e. The number of amides is 1. The van der Waals surface area contributed by atoms with Crippen LogP contribution >= 0.6 is 12.4 Å². The first-order valence-corrected chi connectivity index (χ1v) is 6.68. The predicted molar refractivity (Wildman–Crippen MR) is 80.6 cm³/mol. The lowest BCUT2D eigenvalue weighted by molar-refractivity contribution is -0.151. The van der Waals surface area contributed by atoms with Crippen LogP contribution in [0.3, 0.4) is 0 Å². The third-order valence-corrected chi connectivity index (χ3v) is 3.37. The van der Waals surface area contributed by atoms with Crippen molar-refractivity contribution in [1.82, 2.24) is 4.90 Å². The van der Waals surface area contributed by atoms with Gasteiger partial charge >= 0.3 is 12.1 Å². The Bertz CT molecular complexity index is 534. The number of methoxy groups -OCH3 is 1. The highest BCUT2D eigenvalue weighted by atomic mass is 35.5. The summed E-state index contributed by atoms with van der Waals surface area (Å²) in [5, 5.41) is 0. The fourth-order valence-corrected chi connectivity index (χ4v) is 2.18. The zero-order valence-electron chi connectivity index (χ0n) is 12.2. The van der Waals surface area contributed by atoms with Gasteiger partial charge in [0, 0.05) is 6.54 Å². The minimum atomic E-state index is -0.770. The summed E-state index contributed by atoms with van der Waals surface area (Å²) in [5.74, 6) is -1.63. The summed E-state index contributed by atoms with van der Waals surface area (Å²) in [6, 6.07) is 9.29. The van der Waals surface area contributed by atoms with Gasteiger partial charge in [0.25, 0.3) is 0 Å². The van der Waals surface area contributed by atoms with Crippen molar-refractivity contribution in [3.8, 4) is 0 Å². The number of nitrogens with zero attached hydrogens (tertiary/aromatic N) is 1. The number of ether oxygens (including phenoxy) is 2. The van der Waals surface area contributed by atoms with Crippen LogP contribution in [-0.2, 0) is 25.7 Å². The standard InChI is InChI=1S/C15H17NO5.ClH/c1-20-14(18)12-7-8-16(9-13(12)17)15(19)21-10-11-5-3-2-4-6-11;/h2-6,12H,7-10H2,1H3;1H. The van der Waals surface area contributed by atoms with E-state index >= 15 is 0 Å². The van der Waals surface area contributed by atoms with Crippen LogP contribution in [0.25, 0.3) is 0 Å². The van der Waals surface area contributed by atoms with Gasteiger partial charge in [-0.3, -0.25) is 9.59 Å². The predicted octanol–water partition coefficient (Wildman–Crippen LogP) is 1.81. The van der Waals surface area contributed by atoms with Crippen molar-refractivity contribution in [3.05, 3.63) is 35.9 Å². The van der Waals surface area contributed by atoms with Crippen molar-refractivity contribution in [2.24, 2.45) is 5.92 Å². The van der Waals surface area contributed by atoms with E-state index in [1.165, 1.54) is 12.0 Å². The lowest BCUT2D eigenvalue weighted by Gasteiger charge is -2.28. The Balaban J connectivity index is 0.00000242. The molecule has 1 aliphatic heterocycles. The van der Waals surface area contributed by atoms with E-state index in [0.717, 1.165) is 5.56 Å². The van der Waals surface area contributed by atoms with Crippen LogP contribution in [0.15, 0.2) is 30.3 Å². The molecule has 0 spiro atoms. The maximum atomic E-state index is 11.9. The van der Waals surface area contributed by atoms with Crippen molar-refractivity contribution in [1.29, 1.82) is 0 Å². The lowest BCUT2D eigenvalue weighted by atomic mass is 9.96. The fraction of sp³-hybridized carbons (Fsp3) is 0.400. The summed E-state index contributed by atoms with van der Waals surface area (Å²) in [6.07, 6.45) is -0.276. The van der Waals surface area contributed by atoms with Crippen LogP contribution in [0.2, 0.25) is 0 Å². The molecule has 1 aromatic carbocycles. The molecule has 7 heteroatoms. The molecule has 22 heavy (non-hydrogen) atoms. The van der Waals surface area contributed by atoms with Gasteiger partial charge in [-0.05, 0) is 12.0 Å². The SMILES string of the molecule is COC(=O)C1CCN(C(=O)OCc2ccccc2)CC1=O.Cl. The van der Waals surface area contributed by atoms with Crippen LogP contribution in [0, 0.1) is 5.92 Å². The van der Waals surface area contributed by atoms with Crippen molar-refractivity contribution < 1.29 is 23.9 Å². The van der Waals surface area contributed by atoms with Gasteiger partial charge in [0.2, 0.25) is 0 Å². The maximum absolute atomic E-state index is 11.9. The second-order valence-electron chi connectivity index (χ2n) is 4.79. The third-order valence-electron chi connectivity index (χ3n) is 3.37. The Kier molecular flexibility index (Phi) is 6.85. The number of rotatable bonds is 3. The van der Waals surface area contributed by atoms with Crippen molar-refractivity contribution in [2.75, 3.05) is 20.2 Å². The largest absolute Gasteiger partial charge is 0.468 e. The second-order valence-corrected chi connectivity index (χ2v) is 4.79. The van der Waals surface area contributed by atoms with E-state index in [1.807, 2.05) is 30.3 Å². The summed E-state index contributed by atoms with van der Waals surface area (Å²) in [6.45, 7) is 0.345. The lowest BCUT2D eigenvalue weighted by Crippen LogP contribution is -2.46. The summed E-state index contributed by atoms with van der Waals surface area (Å²) >= 11 is 0. The van der Waals surface area contributed by atoms with Gasteiger partial charge in [-0.2, -0.15) is 0 Å². The van der Waals surface area contributed by atoms with Crippen LogP contribution in [-0.4, -0.2) is 42.9 Å². The number of likely N-dealkylation sites (tertiary alicyclic amines) is 1. The molecule has 0 bridgehead atoms. The first-order valence-electron chi connectivity index (χ1n) is 6.68. The second kappa shape index (κ2) is 8.38. The molecule has 0 N–H and O–H groups in total. The highest BCUT2D eigenvalue weighted by Crippen LogP contribution is 2.16. The van der Waals surface area contributed by atoms with Gasteiger partial charge < -0.3 is 14.4 Å². The third kappa shape index (κ3) is 4.46. The normalized spacial score (nSPS) is 17.4. The van der Waals surface area contributed by atoms with E-state index in [1.54, 1.807) is 0 Å². The number of carbonyl (C=O) groups is 3. The Morgan fingerprint density at radius 3 is 2.55 bits per heavy atom. The summed E-state index contributed by atoms with van der Waals surface area (Å²) in [4.78, 5) is 36.4. The van der Waals surface area contributed by atoms with E-state index in [-0.39, 0.29) is 37.8 Å². The van der Waals surface area contributed by atoms with Gasteiger partial charge in [0.15, 0.2) is 5.78 Å². The maximum Gasteiger partial charge on any atom is 0.410 e. The quantitative estimate of drug-likeness (QED) is 0.625. The number of piperidine rings is 1. The Morgan fingerprint density at radius 2 is 1.95 bits per heavy atom. The first-order chi connectivity index (χ1) is 10.1. The zero-order valence-corrected chi connectivity index (χ0v) is 13.0. The number of halogens is 1. The van der Waals surface area contributed by atoms with Gasteiger partial charge in [-0.1, -0.05) is 30.3 Å². The number of esters is 1. The fourth-order valence-electron chi connectivity index (χ4n) is 2.18. The van der Waals surface area contributed by atoms with Crippen LogP contribution in [0.5, 0.6) is 0 Å². The molecule has 1 aliphatic rings. The number of hydrogen-bond donors (Lipinski definition) is 0. The molecule has 120 valence electrons. The van der Waals surface area contributed by atoms with Gasteiger partial charge in [-0.15, -0.1) is 12.4 Å². The number of hydrogen-bond acceptors (Lipinski definition) is 5. The van der Waals surface area contributed by atoms with Crippen molar-refractivity contribution in [3.63, 3.8) is 0 Å². The highest BCUT2D eigenvalue weighted by Gasteiger charge is 2.35. The average molecular weight is 328 g/mol. The molecular weight excluding hydrogens is 310 g/mol. The summed E-state index contributed by atoms with van der Waals surface area (Å²) in [7, 11) is 1.25. The molecule has 1 fully saturated rings. The molecule has 2 rings (SSSR count). The first kappa shape index (κ1) is 18.0. The summed E-state index contributed by atoms with van der Waals surface area (Å²) in [5.41, 5.74) is 0.877. The molecule has 1 unspecified atom stereocenters. The average Bonchev–Trinajstić information content (AvgIpc) is 2.52. The van der Waals surface area contributed by atoms with Crippen molar-refractivity contribution >= 4 is 30.3 Å². The Morgan fingerprint density at radius 1 is 1.27 bits per heavy atom. The minimum Gasteiger partial charge on any atom is -0.468 e. The molecule has 0 saturated carbocycles. The van der Waals surface area contributed by atoms with Gasteiger partial charge in [0.1, 0.15) is 12.5 Å². The number of benzene rings is 1. The molecule has 0 radical (unpaired) electrons. The molecule has 6 nitrogen and oxygen atoms in total. The molecule has 1 aromatic rings. The molecule has 1 saturated heterocycles. The van der Waals surface area contributed by atoms with E-state index in [0.29, 0.717) is 6.54 Å². The zero-order chi connectivity index (χ0) is 15.2.